The molecule has 1 N–H and O–H groups in total. The third kappa shape index (κ3) is 3.67. The number of aryl methyl sites for hydroxylation is 2. The number of nitrogens with one attached hydrogen (secondary N) is 1. The highest BCUT2D eigenvalue weighted by molar-refractivity contribution is 5.78. The minimum atomic E-state index is 0.0675. The van der Waals surface area contributed by atoms with E-state index in [4.69, 9.17) is 0 Å². The SMILES string of the molecule is Cc1ccc(CNC(=O)C2CCN(c3nnnn3C)CC2)cc1. The van der Waals surface area contributed by atoms with Crippen molar-refractivity contribution in [2.45, 2.75) is 26.3 Å². The molecule has 23 heavy (non-hydrogen) atoms. The number of benzene rings is 1. The summed E-state index contributed by atoms with van der Waals surface area (Å²) in [6.07, 6.45) is 1.65. The Balaban J connectivity index is 1.48. The van der Waals surface area contributed by atoms with Crippen molar-refractivity contribution in [3.05, 3.63) is 35.4 Å². The van der Waals surface area contributed by atoms with Gasteiger partial charge in [-0.15, -0.1) is 0 Å². The number of aromatic nitrogens is 4. The van der Waals surface area contributed by atoms with E-state index >= 15 is 0 Å². The Hall–Kier alpha value is -2.44. The minimum Gasteiger partial charge on any atom is -0.352 e. The molecular weight excluding hydrogens is 292 g/mol. The zero-order valence-corrected chi connectivity index (χ0v) is 13.6. The number of carbonyl (C=O) groups excluding carboxylic acids is 1. The molecule has 7 nitrogen and oxygen atoms in total. The van der Waals surface area contributed by atoms with E-state index in [1.54, 1.807) is 4.68 Å². The van der Waals surface area contributed by atoms with E-state index in [0.717, 1.165) is 37.4 Å². The molecule has 0 atom stereocenters. The fourth-order valence-electron chi connectivity index (χ4n) is 2.87. The van der Waals surface area contributed by atoms with Gasteiger partial charge < -0.3 is 10.2 Å². The van der Waals surface area contributed by atoms with Crippen molar-refractivity contribution in [1.82, 2.24) is 25.5 Å². The lowest BCUT2D eigenvalue weighted by Gasteiger charge is -2.31. The van der Waals surface area contributed by atoms with Gasteiger partial charge in [0.1, 0.15) is 0 Å². The van der Waals surface area contributed by atoms with Gasteiger partial charge in [0.15, 0.2) is 0 Å². The van der Waals surface area contributed by atoms with Crippen LogP contribution >= 0.6 is 0 Å². The summed E-state index contributed by atoms with van der Waals surface area (Å²) >= 11 is 0. The summed E-state index contributed by atoms with van der Waals surface area (Å²) in [7, 11) is 1.83. The first-order chi connectivity index (χ1) is 11.1. The number of anilines is 1. The number of amides is 1. The van der Waals surface area contributed by atoms with Gasteiger partial charge in [-0.05, 0) is 35.8 Å². The van der Waals surface area contributed by atoms with Gasteiger partial charge in [-0.1, -0.05) is 34.9 Å². The molecule has 1 amide bonds. The van der Waals surface area contributed by atoms with Crippen LogP contribution in [0.15, 0.2) is 24.3 Å². The van der Waals surface area contributed by atoms with Crippen LogP contribution in [0.4, 0.5) is 5.95 Å². The molecule has 0 radical (unpaired) electrons. The number of nitrogens with zero attached hydrogens (tertiary/aromatic N) is 5. The van der Waals surface area contributed by atoms with Crippen LogP contribution in [0.5, 0.6) is 0 Å². The topological polar surface area (TPSA) is 75.9 Å². The average Bonchev–Trinajstić information content (AvgIpc) is 3.00. The van der Waals surface area contributed by atoms with E-state index in [1.165, 1.54) is 5.56 Å². The zero-order chi connectivity index (χ0) is 16.2. The van der Waals surface area contributed by atoms with Crippen molar-refractivity contribution in [2.75, 3.05) is 18.0 Å². The van der Waals surface area contributed by atoms with Crippen LogP contribution in [0, 0.1) is 12.8 Å². The molecule has 1 aromatic carbocycles. The van der Waals surface area contributed by atoms with Gasteiger partial charge in [0, 0.05) is 32.6 Å². The molecule has 1 fully saturated rings. The van der Waals surface area contributed by atoms with Crippen LogP contribution in [0.2, 0.25) is 0 Å². The van der Waals surface area contributed by atoms with Crippen molar-refractivity contribution in [2.24, 2.45) is 13.0 Å². The fourth-order valence-corrected chi connectivity index (χ4v) is 2.87. The lowest BCUT2D eigenvalue weighted by atomic mass is 9.96. The minimum absolute atomic E-state index is 0.0675. The zero-order valence-electron chi connectivity index (χ0n) is 13.6. The fraction of sp³-hybridized carbons (Fsp3) is 0.500. The monoisotopic (exact) mass is 314 g/mol. The quantitative estimate of drug-likeness (QED) is 0.913. The van der Waals surface area contributed by atoms with Gasteiger partial charge in [-0.3, -0.25) is 4.79 Å². The van der Waals surface area contributed by atoms with Gasteiger partial charge in [-0.25, -0.2) is 4.68 Å². The third-order valence-corrected chi connectivity index (χ3v) is 4.33. The Morgan fingerprint density at radius 1 is 1.26 bits per heavy atom. The standard InChI is InChI=1S/C16H22N6O/c1-12-3-5-13(6-4-12)11-17-15(23)14-7-9-22(10-8-14)16-18-19-20-21(16)2/h3-6,14H,7-11H2,1-2H3,(H,17,23). The third-order valence-electron chi connectivity index (χ3n) is 4.33. The molecular formula is C16H22N6O. The smallest absolute Gasteiger partial charge is 0.245 e. The number of carbonyl (C=O) groups is 1. The largest absolute Gasteiger partial charge is 0.352 e. The van der Waals surface area contributed by atoms with Gasteiger partial charge in [0.25, 0.3) is 0 Å². The van der Waals surface area contributed by atoms with Gasteiger partial charge in [0.2, 0.25) is 11.9 Å². The molecule has 0 spiro atoms. The van der Waals surface area contributed by atoms with Crippen molar-refractivity contribution in [3.63, 3.8) is 0 Å². The maximum Gasteiger partial charge on any atom is 0.245 e. The van der Waals surface area contributed by atoms with Gasteiger partial charge in [-0.2, -0.15) is 0 Å². The van der Waals surface area contributed by atoms with Gasteiger partial charge in [0.05, 0.1) is 0 Å². The molecule has 0 unspecified atom stereocenters. The van der Waals surface area contributed by atoms with E-state index in [0.29, 0.717) is 6.54 Å². The molecule has 2 aromatic rings. The van der Waals surface area contributed by atoms with Crippen LogP contribution in [0.3, 0.4) is 0 Å². The maximum atomic E-state index is 12.3. The predicted octanol–water partition coefficient (Wildman–Crippen LogP) is 1.05. The van der Waals surface area contributed by atoms with Crippen LogP contribution in [0.25, 0.3) is 0 Å². The first-order valence-corrected chi connectivity index (χ1v) is 7.94. The lowest BCUT2D eigenvalue weighted by Crippen LogP contribution is -2.41. The molecule has 122 valence electrons. The summed E-state index contributed by atoms with van der Waals surface area (Å²) < 4.78 is 1.66. The Bertz CT molecular complexity index is 657. The molecule has 3 rings (SSSR count). The summed E-state index contributed by atoms with van der Waals surface area (Å²) in [4.78, 5) is 14.5. The highest BCUT2D eigenvalue weighted by Crippen LogP contribution is 2.21. The van der Waals surface area contributed by atoms with E-state index < -0.39 is 0 Å². The van der Waals surface area contributed by atoms with Crippen LogP contribution in [0.1, 0.15) is 24.0 Å². The average molecular weight is 314 g/mol. The second-order valence-corrected chi connectivity index (χ2v) is 6.07. The second kappa shape index (κ2) is 6.76. The molecule has 0 bridgehead atoms. The predicted molar refractivity (Wildman–Crippen MR) is 86.8 cm³/mol. The van der Waals surface area contributed by atoms with E-state index in [1.807, 2.05) is 7.05 Å². The molecule has 0 aliphatic carbocycles. The molecule has 1 aromatic heterocycles. The van der Waals surface area contributed by atoms with Crippen molar-refractivity contribution >= 4 is 11.9 Å². The number of piperidine rings is 1. The van der Waals surface area contributed by atoms with E-state index in [-0.39, 0.29) is 11.8 Å². The highest BCUT2D eigenvalue weighted by Gasteiger charge is 2.26. The molecule has 7 heteroatoms. The van der Waals surface area contributed by atoms with Crippen molar-refractivity contribution < 1.29 is 4.79 Å². The number of tetrazole rings is 1. The Labute approximate surface area is 135 Å². The Kier molecular flexibility index (Phi) is 4.55. The van der Waals surface area contributed by atoms with Gasteiger partial charge >= 0.3 is 0 Å². The first kappa shape index (κ1) is 15.5. The molecule has 1 saturated heterocycles. The number of rotatable bonds is 4. The van der Waals surface area contributed by atoms with Crippen LogP contribution in [-0.4, -0.2) is 39.2 Å². The molecule has 1 aliphatic rings. The number of hydrogen-bond acceptors (Lipinski definition) is 5. The normalized spacial score (nSPS) is 15.7. The first-order valence-electron chi connectivity index (χ1n) is 7.94. The highest BCUT2D eigenvalue weighted by atomic mass is 16.1. The lowest BCUT2D eigenvalue weighted by molar-refractivity contribution is -0.125. The molecule has 2 heterocycles. The van der Waals surface area contributed by atoms with Crippen molar-refractivity contribution in [3.8, 4) is 0 Å². The maximum absolute atomic E-state index is 12.3. The summed E-state index contributed by atoms with van der Waals surface area (Å²) in [5.74, 6) is 0.975. The van der Waals surface area contributed by atoms with Crippen LogP contribution in [-0.2, 0) is 18.4 Å². The summed E-state index contributed by atoms with van der Waals surface area (Å²) in [6.45, 7) is 4.25. The molecule has 0 saturated carbocycles. The molecule has 1 aliphatic heterocycles. The van der Waals surface area contributed by atoms with E-state index in [2.05, 4.69) is 56.9 Å². The van der Waals surface area contributed by atoms with Crippen LogP contribution < -0.4 is 10.2 Å². The van der Waals surface area contributed by atoms with E-state index in [9.17, 15) is 4.79 Å². The Morgan fingerprint density at radius 3 is 2.57 bits per heavy atom. The Morgan fingerprint density at radius 2 is 1.96 bits per heavy atom. The summed E-state index contributed by atoms with van der Waals surface area (Å²) in [5, 5.41) is 14.6. The number of hydrogen-bond donors (Lipinski definition) is 1. The van der Waals surface area contributed by atoms with Crippen molar-refractivity contribution in [1.29, 1.82) is 0 Å². The summed E-state index contributed by atoms with van der Waals surface area (Å²) in [6, 6.07) is 8.24. The second-order valence-electron chi connectivity index (χ2n) is 6.07. The summed E-state index contributed by atoms with van der Waals surface area (Å²) in [5.41, 5.74) is 2.36.